The molecule has 1 heterocycles. The molecule has 1 rings (SSSR count). The molecule has 0 bridgehead atoms. The topological polar surface area (TPSA) is 71.5 Å². The number of rotatable bonds is 2. The highest BCUT2D eigenvalue weighted by Crippen LogP contribution is 2.18. The average Bonchev–Trinajstić information content (AvgIpc) is 2.18. The van der Waals surface area contributed by atoms with Crippen molar-refractivity contribution in [3.05, 3.63) is 22.4 Å². The predicted molar refractivity (Wildman–Crippen MR) is 67.7 cm³/mol. The van der Waals surface area contributed by atoms with Crippen LogP contribution in [-0.2, 0) is 11.3 Å². The molecule has 5 nitrogen and oxygen atoms in total. The third-order valence-electron chi connectivity index (χ3n) is 1.73. The number of amides is 1. The van der Waals surface area contributed by atoms with Crippen molar-refractivity contribution < 1.29 is 14.6 Å². The monoisotopic (exact) mass is 302 g/mol. The number of nitrogens with zero attached hydrogens (tertiary/aromatic N) is 1. The first-order valence-electron chi connectivity index (χ1n) is 5.07. The van der Waals surface area contributed by atoms with E-state index in [-0.39, 0.29) is 6.61 Å². The van der Waals surface area contributed by atoms with Crippen LogP contribution in [0.3, 0.4) is 0 Å². The van der Waals surface area contributed by atoms with Gasteiger partial charge in [0, 0.05) is 5.56 Å². The van der Waals surface area contributed by atoms with Gasteiger partial charge in [-0.1, -0.05) is 0 Å². The Balaban J connectivity index is 2.72. The van der Waals surface area contributed by atoms with E-state index in [0.29, 0.717) is 15.9 Å². The number of aliphatic hydroxyl groups is 1. The van der Waals surface area contributed by atoms with Crippen LogP contribution in [-0.4, -0.2) is 21.8 Å². The van der Waals surface area contributed by atoms with Gasteiger partial charge < -0.3 is 9.84 Å². The van der Waals surface area contributed by atoms with Crippen LogP contribution in [0, 0.1) is 0 Å². The minimum atomic E-state index is -0.550. The van der Waals surface area contributed by atoms with Gasteiger partial charge in [-0.2, -0.15) is 0 Å². The Morgan fingerprint density at radius 1 is 1.59 bits per heavy atom. The molecule has 0 fully saturated rings. The van der Waals surface area contributed by atoms with Gasteiger partial charge in [-0.15, -0.1) is 0 Å². The van der Waals surface area contributed by atoms with Crippen LogP contribution in [0.4, 0.5) is 10.5 Å². The molecule has 0 unspecified atom stereocenters. The maximum Gasteiger partial charge on any atom is 0.412 e. The van der Waals surface area contributed by atoms with E-state index in [2.05, 4.69) is 26.2 Å². The fourth-order valence-electron chi connectivity index (χ4n) is 1.09. The van der Waals surface area contributed by atoms with Crippen molar-refractivity contribution in [2.75, 3.05) is 5.32 Å². The molecule has 2 N–H and O–H groups in total. The number of aliphatic hydroxyl groups excluding tert-OH is 1. The lowest BCUT2D eigenvalue weighted by molar-refractivity contribution is 0.0636. The SMILES string of the molecule is CC(C)(C)OC(=O)Nc1cnc(Br)c(CO)c1. The van der Waals surface area contributed by atoms with Crippen LogP contribution < -0.4 is 5.32 Å². The summed E-state index contributed by atoms with van der Waals surface area (Å²) in [6.07, 6.45) is 0.929. The van der Waals surface area contributed by atoms with Crippen LogP contribution in [0.5, 0.6) is 0 Å². The van der Waals surface area contributed by atoms with Crippen molar-refractivity contribution in [1.82, 2.24) is 4.98 Å². The Morgan fingerprint density at radius 3 is 2.76 bits per heavy atom. The molecule has 1 aromatic rings. The van der Waals surface area contributed by atoms with E-state index in [1.54, 1.807) is 26.8 Å². The Kier molecular flexibility index (Phi) is 4.47. The van der Waals surface area contributed by atoms with E-state index in [9.17, 15) is 4.79 Å². The lowest BCUT2D eigenvalue weighted by atomic mass is 10.2. The maximum atomic E-state index is 11.5. The molecule has 0 aliphatic carbocycles. The van der Waals surface area contributed by atoms with E-state index in [1.165, 1.54) is 6.20 Å². The molecule has 94 valence electrons. The van der Waals surface area contributed by atoms with Gasteiger partial charge in [-0.25, -0.2) is 9.78 Å². The van der Waals surface area contributed by atoms with Crippen LogP contribution in [0.1, 0.15) is 26.3 Å². The molecule has 6 heteroatoms. The number of hydrogen-bond donors (Lipinski definition) is 2. The van der Waals surface area contributed by atoms with Crippen molar-refractivity contribution in [3.63, 3.8) is 0 Å². The molecule has 0 aliphatic rings. The highest BCUT2D eigenvalue weighted by atomic mass is 79.9. The van der Waals surface area contributed by atoms with Crippen molar-refractivity contribution in [2.45, 2.75) is 33.0 Å². The van der Waals surface area contributed by atoms with E-state index < -0.39 is 11.7 Å². The first-order chi connectivity index (χ1) is 7.81. The highest BCUT2D eigenvalue weighted by molar-refractivity contribution is 9.10. The van der Waals surface area contributed by atoms with Crippen LogP contribution in [0.15, 0.2) is 16.9 Å². The van der Waals surface area contributed by atoms with Crippen molar-refractivity contribution >= 4 is 27.7 Å². The molecule has 1 amide bonds. The number of carbonyl (C=O) groups is 1. The summed E-state index contributed by atoms with van der Waals surface area (Å²) in [6.45, 7) is 5.19. The van der Waals surface area contributed by atoms with E-state index >= 15 is 0 Å². The Hall–Kier alpha value is -1.14. The fourth-order valence-corrected chi connectivity index (χ4v) is 1.44. The lowest BCUT2D eigenvalue weighted by Crippen LogP contribution is -2.27. The number of ether oxygens (including phenoxy) is 1. The van der Waals surface area contributed by atoms with Crippen molar-refractivity contribution in [2.24, 2.45) is 0 Å². The zero-order chi connectivity index (χ0) is 13.1. The number of carbonyl (C=O) groups excluding carboxylic acids is 1. The first-order valence-corrected chi connectivity index (χ1v) is 5.86. The summed E-state index contributed by atoms with van der Waals surface area (Å²) >= 11 is 3.19. The van der Waals surface area contributed by atoms with Crippen molar-refractivity contribution in [3.8, 4) is 0 Å². The van der Waals surface area contributed by atoms with Gasteiger partial charge in [-0.05, 0) is 42.8 Å². The van der Waals surface area contributed by atoms with Gasteiger partial charge in [0.25, 0.3) is 0 Å². The molecule has 0 radical (unpaired) electrons. The maximum absolute atomic E-state index is 11.5. The molecular weight excluding hydrogens is 288 g/mol. The smallest absolute Gasteiger partial charge is 0.412 e. The zero-order valence-corrected chi connectivity index (χ0v) is 11.5. The molecule has 1 aromatic heterocycles. The van der Waals surface area contributed by atoms with Gasteiger partial charge in [0.15, 0.2) is 0 Å². The van der Waals surface area contributed by atoms with Crippen LogP contribution in [0.25, 0.3) is 0 Å². The molecule has 0 aromatic carbocycles. The number of nitrogens with one attached hydrogen (secondary N) is 1. The van der Waals surface area contributed by atoms with Gasteiger partial charge in [0.05, 0.1) is 18.5 Å². The van der Waals surface area contributed by atoms with Crippen LogP contribution in [0.2, 0.25) is 0 Å². The van der Waals surface area contributed by atoms with E-state index in [1.807, 2.05) is 0 Å². The first kappa shape index (κ1) is 13.9. The second kappa shape index (κ2) is 5.46. The van der Waals surface area contributed by atoms with Crippen molar-refractivity contribution in [1.29, 1.82) is 0 Å². The summed E-state index contributed by atoms with van der Waals surface area (Å²) in [6, 6.07) is 1.63. The number of aromatic nitrogens is 1. The summed E-state index contributed by atoms with van der Waals surface area (Å²) < 4.78 is 5.64. The van der Waals surface area contributed by atoms with Gasteiger partial charge >= 0.3 is 6.09 Å². The summed E-state index contributed by atoms with van der Waals surface area (Å²) in [4.78, 5) is 15.5. The van der Waals surface area contributed by atoms with Crippen LogP contribution >= 0.6 is 15.9 Å². The van der Waals surface area contributed by atoms with E-state index in [0.717, 1.165) is 0 Å². The Morgan fingerprint density at radius 2 is 2.24 bits per heavy atom. The fraction of sp³-hybridized carbons (Fsp3) is 0.455. The minimum Gasteiger partial charge on any atom is -0.444 e. The molecule has 17 heavy (non-hydrogen) atoms. The Labute approximate surface area is 108 Å². The van der Waals surface area contributed by atoms with E-state index in [4.69, 9.17) is 9.84 Å². The predicted octanol–water partition coefficient (Wildman–Crippen LogP) is 2.68. The molecule has 0 atom stereocenters. The largest absolute Gasteiger partial charge is 0.444 e. The second-order valence-corrected chi connectivity index (χ2v) is 5.21. The molecule has 0 saturated carbocycles. The minimum absolute atomic E-state index is 0.155. The summed E-state index contributed by atoms with van der Waals surface area (Å²) in [5.41, 5.74) is 0.525. The van der Waals surface area contributed by atoms with Gasteiger partial charge in [0.2, 0.25) is 0 Å². The zero-order valence-electron chi connectivity index (χ0n) is 9.95. The standard InChI is InChI=1S/C11H15BrN2O3/c1-11(2,3)17-10(16)14-8-4-7(6-15)9(12)13-5-8/h4-5,15H,6H2,1-3H3,(H,14,16). The lowest BCUT2D eigenvalue weighted by Gasteiger charge is -2.19. The van der Waals surface area contributed by atoms with Gasteiger partial charge in [-0.3, -0.25) is 5.32 Å². The number of halogens is 1. The third kappa shape index (κ3) is 4.70. The average molecular weight is 303 g/mol. The summed E-state index contributed by atoms with van der Waals surface area (Å²) in [5.74, 6) is 0. The Bertz CT molecular complexity index is 416. The quantitative estimate of drug-likeness (QED) is 0.824. The molecule has 0 spiro atoms. The molecule has 0 saturated heterocycles. The normalized spacial score (nSPS) is 11.1. The number of hydrogen-bond acceptors (Lipinski definition) is 4. The number of anilines is 1. The second-order valence-electron chi connectivity index (χ2n) is 4.46. The highest BCUT2D eigenvalue weighted by Gasteiger charge is 2.16. The van der Waals surface area contributed by atoms with Gasteiger partial charge in [0.1, 0.15) is 10.2 Å². The summed E-state index contributed by atoms with van der Waals surface area (Å²) in [5, 5.41) is 11.6. The molecular formula is C11H15BrN2O3. The molecule has 0 aliphatic heterocycles. The third-order valence-corrected chi connectivity index (χ3v) is 2.44. The number of pyridine rings is 1. The summed E-state index contributed by atoms with van der Waals surface area (Å²) in [7, 11) is 0.